The van der Waals surface area contributed by atoms with Crippen molar-refractivity contribution in [3.8, 4) is 0 Å². The Hall–Kier alpha value is -0.570. The molecule has 2 unspecified atom stereocenters. The average molecular weight is 241 g/mol. The number of rotatable bonds is 2. The number of piperazine rings is 1. The van der Waals surface area contributed by atoms with E-state index in [1.807, 2.05) is 0 Å². The molecule has 16 heavy (non-hydrogen) atoms. The summed E-state index contributed by atoms with van der Waals surface area (Å²) in [6, 6.07) is 11.9. The number of hydrogen-bond donors (Lipinski definition) is 1. The molecule has 1 aromatic carbocycles. The first-order chi connectivity index (χ1) is 7.27. The second-order valence-electron chi connectivity index (χ2n) is 4.44. The van der Waals surface area contributed by atoms with E-state index in [-0.39, 0.29) is 12.4 Å². The van der Waals surface area contributed by atoms with Crippen molar-refractivity contribution in [2.45, 2.75) is 25.9 Å². The topological polar surface area (TPSA) is 15.3 Å². The average Bonchev–Trinajstić information content (AvgIpc) is 2.29. The van der Waals surface area contributed by atoms with Gasteiger partial charge in [0.2, 0.25) is 0 Å². The number of nitrogens with one attached hydrogen (secondary N) is 1. The van der Waals surface area contributed by atoms with Crippen LogP contribution in [0.15, 0.2) is 30.3 Å². The molecule has 1 aliphatic heterocycles. The normalized spacial score (nSPS) is 23.5. The highest BCUT2D eigenvalue weighted by molar-refractivity contribution is 5.85. The van der Waals surface area contributed by atoms with Crippen molar-refractivity contribution in [1.29, 1.82) is 0 Å². The van der Waals surface area contributed by atoms with E-state index in [4.69, 9.17) is 0 Å². The van der Waals surface area contributed by atoms with Crippen molar-refractivity contribution in [2.24, 2.45) is 0 Å². The van der Waals surface area contributed by atoms with Crippen molar-refractivity contribution < 1.29 is 0 Å². The van der Waals surface area contributed by atoms with E-state index < -0.39 is 0 Å². The first-order valence-electron chi connectivity index (χ1n) is 5.80. The monoisotopic (exact) mass is 240 g/mol. The summed E-state index contributed by atoms with van der Waals surface area (Å²) in [6.45, 7) is 7.96. The predicted molar refractivity (Wildman–Crippen MR) is 71.1 cm³/mol. The molecule has 0 amide bonds. The van der Waals surface area contributed by atoms with Crippen LogP contribution < -0.4 is 5.32 Å². The zero-order chi connectivity index (χ0) is 10.7. The Labute approximate surface area is 104 Å². The summed E-state index contributed by atoms with van der Waals surface area (Å²) in [7, 11) is 0. The molecule has 3 heteroatoms. The third kappa shape index (κ3) is 3.21. The van der Waals surface area contributed by atoms with Crippen LogP contribution in [0.4, 0.5) is 0 Å². The Morgan fingerprint density at radius 1 is 1.31 bits per heavy atom. The van der Waals surface area contributed by atoms with E-state index in [1.165, 1.54) is 5.56 Å². The molecular formula is C13H21ClN2. The second-order valence-corrected chi connectivity index (χ2v) is 4.44. The quantitative estimate of drug-likeness (QED) is 0.855. The Morgan fingerprint density at radius 2 is 2.00 bits per heavy atom. The van der Waals surface area contributed by atoms with Crippen LogP contribution in [0.2, 0.25) is 0 Å². The third-order valence-corrected chi connectivity index (χ3v) is 3.23. The summed E-state index contributed by atoms with van der Waals surface area (Å²) in [6.07, 6.45) is 0. The van der Waals surface area contributed by atoms with Crippen LogP contribution >= 0.6 is 12.4 Å². The Morgan fingerprint density at radius 3 is 2.62 bits per heavy atom. The van der Waals surface area contributed by atoms with Crippen molar-refractivity contribution >= 4 is 12.4 Å². The molecule has 1 N–H and O–H groups in total. The van der Waals surface area contributed by atoms with Crippen molar-refractivity contribution in [3.05, 3.63) is 35.9 Å². The number of nitrogens with zero attached hydrogens (tertiary/aromatic N) is 1. The molecule has 0 aromatic heterocycles. The maximum atomic E-state index is 3.48. The molecule has 1 aliphatic rings. The lowest BCUT2D eigenvalue weighted by molar-refractivity contribution is 0.159. The van der Waals surface area contributed by atoms with Crippen LogP contribution in [-0.2, 0) is 0 Å². The lowest BCUT2D eigenvalue weighted by Crippen LogP contribution is -2.49. The fraction of sp³-hybridized carbons (Fsp3) is 0.538. The number of halogens is 1. The van der Waals surface area contributed by atoms with Gasteiger partial charge in [0.05, 0.1) is 0 Å². The minimum atomic E-state index is 0. The first kappa shape index (κ1) is 13.5. The van der Waals surface area contributed by atoms with Gasteiger partial charge in [-0.05, 0) is 19.4 Å². The van der Waals surface area contributed by atoms with Gasteiger partial charge in [-0.15, -0.1) is 12.4 Å². The highest BCUT2D eigenvalue weighted by Gasteiger charge is 2.20. The van der Waals surface area contributed by atoms with Gasteiger partial charge in [0, 0.05) is 31.7 Å². The van der Waals surface area contributed by atoms with Gasteiger partial charge in [0.25, 0.3) is 0 Å². The smallest absolute Gasteiger partial charge is 0.0321 e. The highest BCUT2D eigenvalue weighted by Crippen LogP contribution is 2.20. The van der Waals surface area contributed by atoms with Crippen molar-refractivity contribution in [2.75, 3.05) is 19.6 Å². The summed E-state index contributed by atoms with van der Waals surface area (Å²) in [5.74, 6) is 0. The second kappa shape index (κ2) is 6.24. The first-order valence-corrected chi connectivity index (χ1v) is 5.80. The molecule has 0 radical (unpaired) electrons. The van der Waals surface area contributed by atoms with Crippen LogP contribution in [0.1, 0.15) is 25.5 Å². The maximum Gasteiger partial charge on any atom is 0.0321 e. The minimum Gasteiger partial charge on any atom is -0.312 e. The van der Waals surface area contributed by atoms with Crippen LogP contribution in [0.3, 0.4) is 0 Å². The van der Waals surface area contributed by atoms with Gasteiger partial charge in [0.1, 0.15) is 0 Å². The van der Waals surface area contributed by atoms with E-state index in [9.17, 15) is 0 Å². The molecule has 0 spiro atoms. The van der Waals surface area contributed by atoms with Gasteiger partial charge < -0.3 is 5.32 Å². The fourth-order valence-electron chi connectivity index (χ4n) is 2.26. The highest BCUT2D eigenvalue weighted by atomic mass is 35.5. The van der Waals surface area contributed by atoms with Gasteiger partial charge in [-0.1, -0.05) is 30.3 Å². The van der Waals surface area contributed by atoms with Gasteiger partial charge in [0.15, 0.2) is 0 Å². The molecule has 0 bridgehead atoms. The SMILES string of the molecule is CC1CN(C(C)c2ccccc2)CCN1.Cl. The minimum absolute atomic E-state index is 0. The molecule has 2 atom stereocenters. The van der Waals surface area contributed by atoms with Crippen LogP contribution in [0, 0.1) is 0 Å². The van der Waals surface area contributed by atoms with Gasteiger partial charge in [-0.3, -0.25) is 4.90 Å². The van der Waals surface area contributed by atoms with Gasteiger partial charge in [-0.2, -0.15) is 0 Å². The molecule has 0 aliphatic carbocycles. The number of hydrogen-bond acceptors (Lipinski definition) is 2. The molecule has 2 nitrogen and oxygen atoms in total. The molecule has 2 rings (SSSR count). The molecule has 1 saturated heterocycles. The maximum absolute atomic E-state index is 3.48. The summed E-state index contributed by atoms with van der Waals surface area (Å²) < 4.78 is 0. The zero-order valence-electron chi connectivity index (χ0n) is 10.0. The predicted octanol–water partition coefficient (Wildman–Crippen LogP) is 2.46. The van der Waals surface area contributed by atoms with Crippen molar-refractivity contribution in [3.63, 3.8) is 0 Å². The number of benzene rings is 1. The summed E-state index contributed by atoms with van der Waals surface area (Å²) >= 11 is 0. The van der Waals surface area contributed by atoms with Crippen LogP contribution in [-0.4, -0.2) is 30.6 Å². The summed E-state index contributed by atoms with van der Waals surface area (Å²) in [4.78, 5) is 2.55. The van der Waals surface area contributed by atoms with E-state index in [0.717, 1.165) is 19.6 Å². The van der Waals surface area contributed by atoms with E-state index in [0.29, 0.717) is 12.1 Å². The summed E-state index contributed by atoms with van der Waals surface area (Å²) in [5.41, 5.74) is 1.42. The Bertz CT molecular complexity index is 302. The molecule has 1 heterocycles. The van der Waals surface area contributed by atoms with Gasteiger partial charge in [-0.25, -0.2) is 0 Å². The van der Waals surface area contributed by atoms with E-state index >= 15 is 0 Å². The fourth-order valence-corrected chi connectivity index (χ4v) is 2.26. The molecule has 0 saturated carbocycles. The van der Waals surface area contributed by atoms with E-state index in [1.54, 1.807) is 0 Å². The standard InChI is InChI=1S/C13H20N2.ClH/c1-11-10-15(9-8-14-11)12(2)13-6-4-3-5-7-13;/h3-7,11-12,14H,8-10H2,1-2H3;1H. The Kier molecular flexibility index (Phi) is 5.26. The van der Waals surface area contributed by atoms with Crippen molar-refractivity contribution in [1.82, 2.24) is 10.2 Å². The largest absolute Gasteiger partial charge is 0.312 e. The third-order valence-electron chi connectivity index (χ3n) is 3.23. The summed E-state index contributed by atoms with van der Waals surface area (Å²) in [5, 5.41) is 3.48. The lowest BCUT2D eigenvalue weighted by Gasteiger charge is -2.36. The zero-order valence-corrected chi connectivity index (χ0v) is 10.8. The van der Waals surface area contributed by atoms with Crippen LogP contribution in [0.25, 0.3) is 0 Å². The van der Waals surface area contributed by atoms with Gasteiger partial charge >= 0.3 is 0 Å². The Balaban J connectivity index is 0.00000128. The molecular weight excluding hydrogens is 220 g/mol. The van der Waals surface area contributed by atoms with Crippen LogP contribution in [0.5, 0.6) is 0 Å². The van der Waals surface area contributed by atoms with E-state index in [2.05, 4.69) is 54.4 Å². The molecule has 1 aromatic rings. The molecule has 1 fully saturated rings. The lowest BCUT2D eigenvalue weighted by atomic mass is 10.1. The molecule has 90 valence electrons.